The van der Waals surface area contributed by atoms with Crippen LogP contribution >= 0.6 is 15.9 Å². The number of carbonyl (C=O) groups excluding carboxylic acids is 1. The third kappa shape index (κ3) is 3.27. The fourth-order valence-electron chi connectivity index (χ4n) is 1.48. The Morgan fingerprint density at radius 1 is 1.60 bits per heavy atom. The van der Waals surface area contributed by atoms with E-state index in [1.165, 1.54) is 13.3 Å². The SMILES string of the molecule is COC(=O)Cn1ncc(NCc2ccoc2)c(Br)c1=O. The number of methoxy groups -OCH3 is 1. The number of esters is 1. The molecule has 0 aliphatic rings. The van der Waals surface area contributed by atoms with Crippen LogP contribution in [0.4, 0.5) is 5.69 Å². The summed E-state index contributed by atoms with van der Waals surface area (Å²) >= 11 is 3.20. The minimum atomic E-state index is -0.536. The zero-order chi connectivity index (χ0) is 14.5. The lowest BCUT2D eigenvalue weighted by atomic mass is 10.3. The van der Waals surface area contributed by atoms with Crippen LogP contribution in [-0.2, 0) is 22.6 Å². The molecule has 2 rings (SSSR count). The molecule has 0 aliphatic heterocycles. The Bertz CT molecular complexity index is 651. The van der Waals surface area contributed by atoms with Crippen molar-refractivity contribution in [3.8, 4) is 0 Å². The van der Waals surface area contributed by atoms with Crippen LogP contribution in [0, 0.1) is 0 Å². The zero-order valence-electron chi connectivity index (χ0n) is 10.6. The Balaban J connectivity index is 2.14. The largest absolute Gasteiger partial charge is 0.472 e. The van der Waals surface area contributed by atoms with Gasteiger partial charge in [-0.3, -0.25) is 9.59 Å². The van der Waals surface area contributed by atoms with Gasteiger partial charge in [0.05, 0.1) is 31.5 Å². The third-order valence-corrected chi connectivity index (χ3v) is 3.32. The van der Waals surface area contributed by atoms with Gasteiger partial charge in [-0.25, -0.2) is 4.68 Å². The Labute approximate surface area is 122 Å². The fraction of sp³-hybridized carbons (Fsp3) is 0.250. The summed E-state index contributed by atoms with van der Waals surface area (Å²) in [5, 5.41) is 6.97. The molecule has 2 aromatic heterocycles. The summed E-state index contributed by atoms with van der Waals surface area (Å²) in [6.07, 6.45) is 4.64. The molecule has 2 heterocycles. The molecular formula is C12H12BrN3O4. The Hall–Kier alpha value is -2.09. The molecule has 7 nitrogen and oxygen atoms in total. The van der Waals surface area contributed by atoms with E-state index < -0.39 is 11.5 Å². The highest BCUT2D eigenvalue weighted by molar-refractivity contribution is 9.10. The maximum Gasteiger partial charge on any atom is 0.327 e. The Morgan fingerprint density at radius 2 is 2.40 bits per heavy atom. The van der Waals surface area contributed by atoms with Gasteiger partial charge >= 0.3 is 5.97 Å². The number of anilines is 1. The van der Waals surface area contributed by atoms with E-state index in [-0.39, 0.29) is 6.54 Å². The van der Waals surface area contributed by atoms with Gasteiger partial charge in [0.15, 0.2) is 0 Å². The highest BCUT2D eigenvalue weighted by atomic mass is 79.9. The van der Waals surface area contributed by atoms with Gasteiger partial charge in [-0.15, -0.1) is 0 Å². The van der Waals surface area contributed by atoms with Crippen LogP contribution in [0.3, 0.4) is 0 Å². The van der Waals surface area contributed by atoms with E-state index in [2.05, 4.69) is 31.1 Å². The fourth-order valence-corrected chi connectivity index (χ4v) is 1.93. The van der Waals surface area contributed by atoms with Gasteiger partial charge in [0.25, 0.3) is 5.56 Å². The van der Waals surface area contributed by atoms with E-state index in [0.717, 1.165) is 10.2 Å². The molecule has 0 atom stereocenters. The van der Waals surface area contributed by atoms with Crippen LogP contribution in [0.1, 0.15) is 5.56 Å². The minimum Gasteiger partial charge on any atom is -0.472 e. The first-order valence-corrected chi connectivity index (χ1v) is 6.48. The number of hydrogen-bond donors (Lipinski definition) is 1. The van der Waals surface area contributed by atoms with Crippen molar-refractivity contribution in [1.29, 1.82) is 0 Å². The van der Waals surface area contributed by atoms with Gasteiger partial charge in [0.1, 0.15) is 11.0 Å². The Morgan fingerprint density at radius 3 is 3.05 bits per heavy atom. The number of aromatic nitrogens is 2. The minimum absolute atomic E-state index is 0.226. The molecule has 0 saturated heterocycles. The number of furan rings is 1. The van der Waals surface area contributed by atoms with Crippen molar-refractivity contribution in [3.63, 3.8) is 0 Å². The van der Waals surface area contributed by atoms with Crippen LogP contribution in [0.15, 0.2) is 38.5 Å². The summed E-state index contributed by atoms with van der Waals surface area (Å²) in [6, 6.07) is 1.81. The number of carbonyl (C=O) groups is 1. The lowest BCUT2D eigenvalue weighted by Crippen LogP contribution is -2.28. The summed E-state index contributed by atoms with van der Waals surface area (Å²) in [5.41, 5.74) is 1.07. The van der Waals surface area contributed by atoms with E-state index in [1.807, 2.05) is 6.07 Å². The topological polar surface area (TPSA) is 86.4 Å². The number of hydrogen-bond acceptors (Lipinski definition) is 6. The molecule has 0 fully saturated rings. The van der Waals surface area contributed by atoms with E-state index in [9.17, 15) is 9.59 Å². The molecule has 0 bridgehead atoms. The Kier molecular flexibility index (Phi) is 4.57. The van der Waals surface area contributed by atoms with Crippen molar-refractivity contribution in [2.75, 3.05) is 12.4 Å². The molecule has 1 N–H and O–H groups in total. The molecule has 0 spiro atoms. The maximum atomic E-state index is 12.0. The van der Waals surface area contributed by atoms with Crippen LogP contribution in [0.2, 0.25) is 0 Å². The smallest absolute Gasteiger partial charge is 0.327 e. The molecule has 0 saturated carbocycles. The van der Waals surface area contributed by atoms with Crippen LogP contribution in [0.5, 0.6) is 0 Å². The summed E-state index contributed by atoms with van der Waals surface area (Å²) in [4.78, 5) is 23.1. The number of nitrogens with one attached hydrogen (secondary N) is 1. The molecule has 106 valence electrons. The average molecular weight is 342 g/mol. The van der Waals surface area contributed by atoms with Crippen molar-refractivity contribution in [2.24, 2.45) is 0 Å². The quantitative estimate of drug-likeness (QED) is 0.827. The molecule has 0 unspecified atom stereocenters. The van der Waals surface area contributed by atoms with Gasteiger partial charge < -0.3 is 14.5 Å². The number of halogens is 1. The first-order valence-electron chi connectivity index (χ1n) is 5.69. The zero-order valence-corrected chi connectivity index (χ0v) is 12.2. The van der Waals surface area contributed by atoms with Crippen LogP contribution < -0.4 is 10.9 Å². The number of ether oxygens (including phenoxy) is 1. The second-order valence-corrected chi connectivity index (χ2v) is 4.69. The van der Waals surface area contributed by atoms with Crippen LogP contribution in [-0.4, -0.2) is 22.9 Å². The van der Waals surface area contributed by atoms with Crippen molar-refractivity contribution in [3.05, 3.63) is 45.2 Å². The van der Waals surface area contributed by atoms with Crippen molar-refractivity contribution >= 4 is 27.6 Å². The van der Waals surface area contributed by atoms with Gasteiger partial charge in [-0.05, 0) is 22.0 Å². The van der Waals surface area contributed by atoms with Crippen molar-refractivity contribution < 1.29 is 13.9 Å². The highest BCUT2D eigenvalue weighted by Gasteiger charge is 2.11. The van der Waals surface area contributed by atoms with E-state index in [4.69, 9.17) is 4.42 Å². The lowest BCUT2D eigenvalue weighted by Gasteiger charge is -2.09. The second kappa shape index (κ2) is 6.38. The first kappa shape index (κ1) is 14.3. The lowest BCUT2D eigenvalue weighted by molar-refractivity contribution is -0.141. The number of rotatable bonds is 5. The molecule has 0 aromatic carbocycles. The molecule has 20 heavy (non-hydrogen) atoms. The third-order valence-electron chi connectivity index (χ3n) is 2.55. The standard InChI is InChI=1S/C12H12BrN3O4/c1-19-10(17)6-16-12(18)11(13)9(5-15-16)14-4-8-2-3-20-7-8/h2-3,5,7,14H,4,6H2,1H3. The van der Waals surface area contributed by atoms with E-state index in [1.54, 1.807) is 12.5 Å². The maximum absolute atomic E-state index is 12.0. The predicted molar refractivity (Wildman–Crippen MR) is 74.2 cm³/mol. The molecule has 0 amide bonds. The predicted octanol–water partition coefficient (Wildman–Crippen LogP) is 1.38. The van der Waals surface area contributed by atoms with Gasteiger partial charge in [0.2, 0.25) is 0 Å². The van der Waals surface area contributed by atoms with Crippen LogP contribution in [0.25, 0.3) is 0 Å². The molecule has 8 heteroatoms. The monoisotopic (exact) mass is 341 g/mol. The molecule has 2 aromatic rings. The van der Waals surface area contributed by atoms with Crippen molar-refractivity contribution in [1.82, 2.24) is 9.78 Å². The highest BCUT2D eigenvalue weighted by Crippen LogP contribution is 2.17. The molecular weight excluding hydrogens is 330 g/mol. The van der Waals surface area contributed by atoms with Gasteiger partial charge in [0, 0.05) is 12.1 Å². The first-order chi connectivity index (χ1) is 9.61. The van der Waals surface area contributed by atoms with Gasteiger partial charge in [-0.1, -0.05) is 0 Å². The second-order valence-electron chi connectivity index (χ2n) is 3.90. The molecule has 0 aliphatic carbocycles. The van der Waals surface area contributed by atoms with Gasteiger partial charge in [-0.2, -0.15) is 5.10 Å². The summed E-state index contributed by atoms with van der Waals surface area (Å²) < 4.78 is 10.8. The molecule has 0 radical (unpaired) electrons. The average Bonchev–Trinajstić information content (AvgIpc) is 2.96. The van der Waals surface area contributed by atoms with E-state index in [0.29, 0.717) is 16.7 Å². The summed E-state index contributed by atoms with van der Waals surface area (Å²) in [7, 11) is 1.25. The summed E-state index contributed by atoms with van der Waals surface area (Å²) in [5.74, 6) is -0.536. The summed E-state index contributed by atoms with van der Waals surface area (Å²) in [6.45, 7) is 0.271. The van der Waals surface area contributed by atoms with E-state index >= 15 is 0 Å². The number of nitrogens with zero attached hydrogens (tertiary/aromatic N) is 2. The normalized spacial score (nSPS) is 10.3. The van der Waals surface area contributed by atoms with Crippen molar-refractivity contribution in [2.45, 2.75) is 13.1 Å².